The molecule has 1 aromatic carbocycles. The summed E-state index contributed by atoms with van der Waals surface area (Å²) in [6.45, 7) is 0. The number of rotatable bonds is 2. The summed E-state index contributed by atoms with van der Waals surface area (Å²) < 4.78 is 0. The van der Waals surface area contributed by atoms with Gasteiger partial charge in [-0.1, -0.05) is 31.4 Å². The minimum atomic E-state index is -0.300. The van der Waals surface area contributed by atoms with Crippen LogP contribution in [0, 0.1) is 5.92 Å². The van der Waals surface area contributed by atoms with Gasteiger partial charge in [0.05, 0.1) is 6.10 Å². The molecule has 1 fully saturated rings. The van der Waals surface area contributed by atoms with Crippen LogP contribution in [-0.2, 0) is 0 Å². The number of nitrogens with two attached hydrogens (primary N) is 1. The zero-order chi connectivity index (χ0) is 10.7. The Labute approximate surface area is 91.1 Å². The second-order valence-corrected chi connectivity index (χ2v) is 4.51. The first-order chi connectivity index (χ1) is 7.27. The molecule has 0 aliphatic heterocycles. The number of nitrogen functional groups attached to an aromatic ring is 1. The maximum Gasteiger partial charge on any atom is 0.0818 e. The van der Waals surface area contributed by atoms with E-state index in [2.05, 4.69) is 0 Å². The Morgan fingerprint density at radius 3 is 2.27 bits per heavy atom. The van der Waals surface area contributed by atoms with E-state index < -0.39 is 0 Å². The van der Waals surface area contributed by atoms with E-state index in [0.29, 0.717) is 5.92 Å². The van der Waals surface area contributed by atoms with Crippen LogP contribution in [0.2, 0.25) is 0 Å². The van der Waals surface area contributed by atoms with Crippen LogP contribution in [0.4, 0.5) is 5.69 Å². The molecule has 15 heavy (non-hydrogen) atoms. The third kappa shape index (κ3) is 2.51. The summed E-state index contributed by atoms with van der Waals surface area (Å²) in [5, 5.41) is 10.2. The zero-order valence-corrected chi connectivity index (χ0v) is 9.02. The summed E-state index contributed by atoms with van der Waals surface area (Å²) >= 11 is 0. The largest absolute Gasteiger partial charge is 0.399 e. The normalized spacial score (nSPS) is 20.1. The Morgan fingerprint density at radius 1 is 1.07 bits per heavy atom. The average Bonchev–Trinajstić information content (AvgIpc) is 2.30. The number of aliphatic hydroxyl groups excluding tert-OH is 1. The van der Waals surface area contributed by atoms with Crippen LogP contribution < -0.4 is 5.73 Å². The van der Waals surface area contributed by atoms with Crippen molar-refractivity contribution in [2.45, 2.75) is 38.2 Å². The fourth-order valence-corrected chi connectivity index (χ4v) is 2.42. The number of aliphatic hydroxyl groups is 1. The molecule has 0 aromatic heterocycles. The molecule has 1 atom stereocenters. The van der Waals surface area contributed by atoms with Crippen LogP contribution in [-0.4, -0.2) is 5.11 Å². The molecule has 2 nitrogen and oxygen atoms in total. The molecular weight excluding hydrogens is 186 g/mol. The van der Waals surface area contributed by atoms with Gasteiger partial charge in [-0.3, -0.25) is 0 Å². The summed E-state index contributed by atoms with van der Waals surface area (Å²) in [4.78, 5) is 0. The first kappa shape index (κ1) is 10.5. The summed E-state index contributed by atoms with van der Waals surface area (Å²) in [5.41, 5.74) is 7.39. The summed E-state index contributed by atoms with van der Waals surface area (Å²) in [5.74, 6) is 0.447. The Morgan fingerprint density at radius 2 is 1.67 bits per heavy atom. The third-order valence-corrected chi connectivity index (χ3v) is 3.37. The first-order valence-electron chi connectivity index (χ1n) is 5.81. The summed E-state index contributed by atoms with van der Waals surface area (Å²) in [6, 6.07) is 7.60. The third-order valence-electron chi connectivity index (χ3n) is 3.37. The Balaban J connectivity index is 2.05. The number of benzene rings is 1. The van der Waals surface area contributed by atoms with Crippen molar-refractivity contribution in [2.24, 2.45) is 5.92 Å². The van der Waals surface area contributed by atoms with E-state index >= 15 is 0 Å². The van der Waals surface area contributed by atoms with Crippen LogP contribution in [0.3, 0.4) is 0 Å². The van der Waals surface area contributed by atoms with E-state index in [0.717, 1.165) is 24.1 Å². The minimum absolute atomic E-state index is 0.300. The molecule has 2 rings (SSSR count). The molecule has 1 aliphatic rings. The van der Waals surface area contributed by atoms with Gasteiger partial charge in [-0.15, -0.1) is 0 Å². The van der Waals surface area contributed by atoms with Crippen LogP contribution in [0.25, 0.3) is 0 Å². The zero-order valence-electron chi connectivity index (χ0n) is 9.02. The molecule has 1 saturated carbocycles. The second-order valence-electron chi connectivity index (χ2n) is 4.51. The molecule has 2 heteroatoms. The van der Waals surface area contributed by atoms with Crippen molar-refractivity contribution in [2.75, 3.05) is 5.73 Å². The van der Waals surface area contributed by atoms with Gasteiger partial charge in [0.25, 0.3) is 0 Å². The van der Waals surface area contributed by atoms with Crippen molar-refractivity contribution in [3.63, 3.8) is 0 Å². The molecule has 0 amide bonds. The van der Waals surface area contributed by atoms with Gasteiger partial charge in [-0.25, -0.2) is 0 Å². The lowest BCUT2D eigenvalue weighted by Gasteiger charge is -2.26. The molecule has 0 radical (unpaired) electrons. The van der Waals surface area contributed by atoms with Crippen molar-refractivity contribution in [3.8, 4) is 0 Å². The van der Waals surface area contributed by atoms with Crippen LogP contribution in [0.15, 0.2) is 24.3 Å². The highest BCUT2D eigenvalue weighted by molar-refractivity contribution is 5.39. The lowest BCUT2D eigenvalue weighted by Crippen LogP contribution is -2.15. The van der Waals surface area contributed by atoms with Crippen molar-refractivity contribution in [3.05, 3.63) is 29.8 Å². The maximum absolute atomic E-state index is 10.2. The van der Waals surface area contributed by atoms with Gasteiger partial charge in [0.15, 0.2) is 0 Å². The van der Waals surface area contributed by atoms with Gasteiger partial charge < -0.3 is 10.8 Å². The van der Waals surface area contributed by atoms with E-state index in [1.54, 1.807) is 0 Å². The fourth-order valence-electron chi connectivity index (χ4n) is 2.42. The Hall–Kier alpha value is -1.02. The van der Waals surface area contributed by atoms with E-state index in [9.17, 15) is 5.11 Å². The van der Waals surface area contributed by atoms with E-state index in [4.69, 9.17) is 5.73 Å². The van der Waals surface area contributed by atoms with Gasteiger partial charge in [0.1, 0.15) is 0 Å². The molecule has 1 aliphatic carbocycles. The molecule has 0 saturated heterocycles. The summed E-state index contributed by atoms with van der Waals surface area (Å²) in [7, 11) is 0. The van der Waals surface area contributed by atoms with Gasteiger partial charge >= 0.3 is 0 Å². The van der Waals surface area contributed by atoms with Crippen LogP contribution in [0.5, 0.6) is 0 Å². The molecule has 82 valence electrons. The standard InChI is InChI=1S/C13H19NO/c14-12-8-6-11(7-9-12)13(15)10-4-2-1-3-5-10/h6-10,13,15H,1-5,14H2. The average molecular weight is 205 g/mol. The second kappa shape index (κ2) is 4.67. The number of hydrogen-bond donors (Lipinski definition) is 2. The molecule has 0 heterocycles. The molecule has 1 aromatic rings. The highest BCUT2D eigenvalue weighted by atomic mass is 16.3. The number of hydrogen-bond acceptors (Lipinski definition) is 2. The van der Waals surface area contributed by atoms with Gasteiger partial charge in [-0.05, 0) is 36.5 Å². The Kier molecular flexibility index (Phi) is 3.27. The van der Waals surface area contributed by atoms with Crippen LogP contribution >= 0.6 is 0 Å². The predicted octanol–water partition coefficient (Wildman–Crippen LogP) is 2.88. The van der Waals surface area contributed by atoms with Crippen molar-refractivity contribution in [1.29, 1.82) is 0 Å². The maximum atomic E-state index is 10.2. The topological polar surface area (TPSA) is 46.2 Å². The van der Waals surface area contributed by atoms with Crippen molar-refractivity contribution < 1.29 is 5.11 Å². The first-order valence-corrected chi connectivity index (χ1v) is 5.81. The van der Waals surface area contributed by atoms with Crippen molar-refractivity contribution >= 4 is 5.69 Å². The highest BCUT2D eigenvalue weighted by Crippen LogP contribution is 2.34. The Bertz CT molecular complexity index is 301. The van der Waals surface area contributed by atoms with Gasteiger partial charge in [-0.2, -0.15) is 0 Å². The molecule has 0 bridgehead atoms. The van der Waals surface area contributed by atoms with Crippen LogP contribution in [0.1, 0.15) is 43.8 Å². The predicted molar refractivity (Wildman–Crippen MR) is 62.4 cm³/mol. The fraction of sp³-hybridized carbons (Fsp3) is 0.538. The molecule has 3 N–H and O–H groups in total. The monoisotopic (exact) mass is 205 g/mol. The number of anilines is 1. The smallest absolute Gasteiger partial charge is 0.0818 e. The highest BCUT2D eigenvalue weighted by Gasteiger charge is 2.22. The molecular formula is C13H19NO. The summed E-state index contributed by atoms with van der Waals surface area (Å²) in [6.07, 6.45) is 5.86. The van der Waals surface area contributed by atoms with E-state index in [-0.39, 0.29) is 6.10 Å². The van der Waals surface area contributed by atoms with E-state index in [1.807, 2.05) is 24.3 Å². The molecule has 1 unspecified atom stereocenters. The van der Waals surface area contributed by atoms with E-state index in [1.165, 1.54) is 19.3 Å². The van der Waals surface area contributed by atoms with Gasteiger partial charge in [0.2, 0.25) is 0 Å². The quantitative estimate of drug-likeness (QED) is 0.729. The lowest BCUT2D eigenvalue weighted by atomic mass is 9.83. The van der Waals surface area contributed by atoms with Crippen molar-refractivity contribution in [1.82, 2.24) is 0 Å². The SMILES string of the molecule is Nc1ccc(C(O)C2CCCCC2)cc1. The van der Waals surface area contributed by atoms with Gasteiger partial charge in [0, 0.05) is 5.69 Å². The molecule has 0 spiro atoms. The minimum Gasteiger partial charge on any atom is -0.399 e. The lowest BCUT2D eigenvalue weighted by molar-refractivity contribution is 0.0849.